The largest absolute Gasteiger partial charge is 0.352 e. The Bertz CT molecular complexity index is 1100. The van der Waals surface area contributed by atoms with E-state index in [1.165, 1.54) is 4.90 Å². The summed E-state index contributed by atoms with van der Waals surface area (Å²) in [7, 11) is -3.76. The van der Waals surface area contributed by atoms with Crippen LogP contribution in [0.25, 0.3) is 0 Å². The molecule has 0 unspecified atom stereocenters. The SMILES string of the molecule is Cc1ccc(C)c(N(CC(=O)N(Cc2ccc(Cl)cc2)[C@H](C)C(=O)NC(C)C)S(C)(=O)=O)c1. The molecule has 9 heteroatoms. The maximum atomic E-state index is 13.5. The molecule has 0 aliphatic heterocycles. The number of benzene rings is 2. The zero-order chi connectivity index (χ0) is 24.9. The van der Waals surface area contributed by atoms with Gasteiger partial charge in [0.25, 0.3) is 0 Å². The zero-order valence-corrected chi connectivity index (χ0v) is 21.5. The summed E-state index contributed by atoms with van der Waals surface area (Å²) in [5.41, 5.74) is 2.82. The molecule has 2 amide bonds. The van der Waals surface area contributed by atoms with E-state index in [1.807, 2.05) is 32.9 Å². The highest BCUT2D eigenvalue weighted by molar-refractivity contribution is 7.92. The minimum atomic E-state index is -3.76. The number of carbonyl (C=O) groups is 2. The number of nitrogens with zero attached hydrogens (tertiary/aromatic N) is 2. The van der Waals surface area contributed by atoms with Gasteiger partial charge in [0.15, 0.2) is 0 Å². The smallest absolute Gasteiger partial charge is 0.244 e. The van der Waals surface area contributed by atoms with Crippen LogP contribution in [0.3, 0.4) is 0 Å². The Kier molecular flexibility index (Phi) is 8.91. The predicted molar refractivity (Wildman–Crippen MR) is 133 cm³/mol. The molecule has 2 aromatic carbocycles. The molecule has 0 aromatic heterocycles. The molecular weight excluding hydrogens is 462 g/mol. The number of hydrogen-bond donors (Lipinski definition) is 1. The maximum absolute atomic E-state index is 13.5. The van der Waals surface area contributed by atoms with Gasteiger partial charge in [0.1, 0.15) is 12.6 Å². The summed E-state index contributed by atoms with van der Waals surface area (Å²) in [6, 6.07) is 11.5. The highest BCUT2D eigenvalue weighted by Gasteiger charge is 2.30. The van der Waals surface area contributed by atoms with Crippen molar-refractivity contribution in [3.05, 3.63) is 64.2 Å². The molecule has 0 fully saturated rings. The number of aryl methyl sites for hydroxylation is 2. The van der Waals surface area contributed by atoms with Crippen LogP contribution in [0, 0.1) is 13.8 Å². The first-order valence-electron chi connectivity index (χ1n) is 10.7. The number of rotatable bonds is 9. The number of sulfonamides is 1. The molecule has 2 rings (SSSR count). The van der Waals surface area contributed by atoms with Gasteiger partial charge in [-0.05, 0) is 69.5 Å². The second-order valence-corrected chi connectivity index (χ2v) is 10.9. The van der Waals surface area contributed by atoms with E-state index in [9.17, 15) is 18.0 Å². The molecule has 180 valence electrons. The standard InChI is InChI=1S/C24H32ClN3O4S/c1-16(2)26-24(30)19(5)27(14-20-9-11-21(25)12-10-20)23(29)15-28(33(6,31)32)22-13-17(3)7-8-18(22)4/h7-13,16,19H,14-15H2,1-6H3,(H,26,30)/t19-/m1/s1. The first-order chi connectivity index (χ1) is 15.3. The van der Waals surface area contributed by atoms with Crippen LogP contribution in [0.1, 0.15) is 37.5 Å². The van der Waals surface area contributed by atoms with Gasteiger partial charge in [-0.15, -0.1) is 0 Å². The summed E-state index contributed by atoms with van der Waals surface area (Å²) in [4.78, 5) is 27.6. The lowest BCUT2D eigenvalue weighted by atomic mass is 10.1. The second-order valence-electron chi connectivity index (χ2n) is 8.55. The van der Waals surface area contributed by atoms with E-state index >= 15 is 0 Å². The highest BCUT2D eigenvalue weighted by Crippen LogP contribution is 2.24. The number of nitrogens with one attached hydrogen (secondary N) is 1. The van der Waals surface area contributed by atoms with Gasteiger partial charge in [0.2, 0.25) is 21.8 Å². The lowest BCUT2D eigenvalue weighted by Gasteiger charge is -2.32. The molecule has 0 aliphatic rings. The third kappa shape index (κ3) is 7.47. The minimum absolute atomic E-state index is 0.102. The summed E-state index contributed by atoms with van der Waals surface area (Å²) in [5, 5.41) is 3.37. The molecule has 0 aliphatic carbocycles. The summed E-state index contributed by atoms with van der Waals surface area (Å²) < 4.78 is 26.4. The fourth-order valence-corrected chi connectivity index (χ4v) is 4.38. The van der Waals surface area contributed by atoms with E-state index in [0.29, 0.717) is 10.7 Å². The van der Waals surface area contributed by atoms with Crippen LogP contribution in [0.2, 0.25) is 5.02 Å². The molecule has 0 radical (unpaired) electrons. The van der Waals surface area contributed by atoms with Crippen LogP contribution < -0.4 is 9.62 Å². The normalized spacial score (nSPS) is 12.4. The van der Waals surface area contributed by atoms with Gasteiger partial charge in [-0.3, -0.25) is 13.9 Å². The topological polar surface area (TPSA) is 86.8 Å². The molecule has 2 aromatic rings. The Balaban J connectivity index is 2.42. The molecule has 0 saturated carbocycles. The van der Waals surface area contributed by atoms with E-state index < -0.39 is 28.5 Å². The van der Waals surface area contributed by atoms with Crippen molar-refractivity contribution in [3.63, 3.8) is 0 Å². The van der Waals surface area contributed by atoms with Gasteiger partial charge in [0, 0.05) is 17.6 Å². The van der Waals surface area contributed by atoms with Gasteiger partial charge in [-0.1, -0.05) is 35.9 Å². The molecule has 0 heterocycles. The van der Waals surface area contributed by atoms with E-state index in [2.05, 4.69) is 5.32 Å². The average Bonchev–Trinajstić information content (AvgIpc) is 2.71. The Morgan fingerprint density at radius 1 is 1.03 bits per heavy atom. The third-order valence-electron chi connectivity index (χ3n) is 5.18. The molecule has 33 heavy (non-hydrogen) atoms. The Hall–Kier alpha value is -2.58. The number of carbonyl (C=O) groups excluding carboxylic acids is 2. The number of halogens is 1. The zero-order valence-electron chi connectivity index (χ0n) is 19.9. The number of hydrogen-bond acceptors (Lipinski definition) is 4. The summed E-state index contributed by atoms with van der Waals surface area (Å²) in [6.45, 7) is 8.67. The van der Waals surface area contributed by atoms with Crippen molar-refractivity contribution in [3.8, 4) is 0 Å². The number of anilines is 1. The molecule has 1 N–H and O–H groups in total. The Morgan fingerprint density at radius 2 is 1.64 bits per heavy atom. The van der Waals surface area contributed by atoms with Crippen molar-refractivity contribution in [2.24, 2.45) is 0 Å². The van der Waals surface area contributed by atoms with Crippen LogP contribution in [0.5, 0.6) is 0 Å². The van der Waals surface area contributed by atoms with Gasteiger partial charge >= 0.3 is 0 Å². The Morgan fingerprint density at radius 3 is 2.18 bits per heavy atom. The highest BCUT2D eigenvalue weighted by atomic mass is 35.5. The van der Waals surface area contributed by atoms with Gasteiger partial charge < -0.3 is 10.2 Å². The van der Waals surface area contributed by atoms with Crippen LogP contribution in [0.15, 0.2) is 42.5 Å². The summed E-state index contributed by atoms with van der Waals surface area (Å²) in [6.07, 6.45) is 1.07. The number of amides is 2. The first-order valence-corrected chi connectivity index (χ1v) is 12.9. The van der Waals surface area contributed by atoms with Crippen LogP contribution in [-0.4, -0.2) is 50.0 Å². The van der Waals surface area contributed by atoms with Gasteiger partial charge in [-0.2, -0.15) is 0 Å². The molecule has 0 bridgehead atoms. The fourth-order valence-electron chi connectivity index (χ4n) is 3.36. The molecular formula is C24H32ClN3O4S. The average molecular weight is 494 g/mol. The quantitative estimate of drug-likeness (QED) is 0.577. The predicted octanol–water partition coefficient (Wildman–Crippen LogP) is 3.66. The van der Waals surface area contributed by atoms with Crippen LogP contribution >= 0.6 is 11.6 Å². The lowest BCUT2D eigenvalue weighted by molar-refractivity contribution is -0.139. The van der Waals surface area contributed by atoms with Gasteiger partial charge in [-0.25, -0.2) is 8.42 Å². The van der Waals surface area contributed by atoms with Gasteiger partial charge in [0.05, 0.1) is 11.9 Å². The van der Waals surface area contributed by atoms with Crippen molar-refractivity contribution >= 4 is 39.1 Å². The molecule has 1 atom stereocenters. The van der Waals surface area contributed by atoms with Crippen molar-refractivity contribution < 1.29 is 18.0 Å². The summed E-state index contributed by atoms with van der Waals surface area (Å²) >= 11 is 5.98. The van der Waals surface area contributed by atoms with E-state index in [-0.39, 0.29) is 18.5 Å². The van der Waals surface area contributed by atoms with E-state index in [0.717, 1.165) is 27.3 Å². The van der Waals surface area contributed by atoms with E-state index in [1.54, 1.807) is 44.2 Å². The third-order valence-corrected chi connectivity index (χ3v) is 6.56. The van der Waals surface area contributed by atoms with E-state index in [4.69, 9.17) is 11.6 Å². The van der Waals surface area contributed by atoms with Crippen LogP contribution in [-0.2, 0) is 26.2 Å². The van der Waals surface area contributed by atoms with Crippen molar-refractivity contribution in [1.29, 1.82) is 0 Å². The Labute approximate surface area is 201 Å². The minimum Gasteiger partial charge on any atom is -0.352 e. The van der Waals surface area contributed by atoms with Crippen molar-refractivity contribution in [1.82, 2.24) is 10.2 Å². The second kappa shape index (κ2) is 11.0. The monoisotopic (exact) mass is 493 g/mol. The summed E-state index contributed by atoms with van der Waals surface area (Å²) in [5.74, 6) is -0.798. The van der Waals surface area contributed by atoms with Crippen molar-refractivity contribution in [2.75, 3.05) is 17.1 Å². The lowest BCUT2D eigenvalue weighted by Crippen LogP contribution is -2.52. The fraction of sp³-hybridized carbons (Fsp3) is 0.417. The molecule has 0 saturated heterocycles. The maximum Gasteiger partial charge on any atom is 0.244 e. The molecule has 0 spiro atoms. The van der Waals surface area contributed by atoms with Crippen molar-refractivity contribution in [2.45, 2.75) is 53.2 Å². The molecule has 7 nitrogen and oxygen atoms in total. The first kappa shape index (κ1) is 26.7. The van der Waals surface area contributed by atoms with Crippen LogP contribution in [0.4, 0.5) is 5.69 Å².